The molecule has 0 radical (unpaired) electrons. The number of aromatic nitrogens is 3. The molecule has 3 aromatic rings. The van der Waals surface area contributed by atoms with Crippen molar-refractivity contribution in [2.75, 3.05) is 5.32 Å². The van der Waals surface area contributed by atoms with Crippen LogP contribution in [0, 0.1) is 5.41 Å². The number of nitrogens with zero attached hydrogens (tertiary/aromatic N) is 3. The lowest BCUT2D eigenvalue weighted by atomic mass is 9.75. The molecule has 3 heterocycles. The number of carboxylic acid groups (broad SMARTS) is 1. The maximum Gasteiger partial charge on any atom is 0.337 e. The average Bonchev–Trinajstić information content (AvgIpc) is 3.22. The lowest BCUT2D eigenvalue weighted by Crippen LogP contribution is -2.51. The Morgan fingerprint density at radius 1 is 1.19 bits per heavy atom. The average molecular weight is 422 g/mol. The molecular weight excluding hydrogens is 396 g/mol. The molecule has 0 aromatic carbocycles. The van der Waals surface area contributed by atoms with Gasteiger partial charge in [0.05, 0.1) is 28.5 Å². The summed E-state index contributed by atoms with van der Waals surface area (Å²) in [5.74, 6) is -1.64. The lowest BCUT2D eigenvalue weighted by Gasteiger charge is -2.39. The van der Waals surface area contributed by atoms with Gasteiger partial charge < -0.3 is 21.9 Å². The highest BCUT2D eigenvalue weighted by atomic mass is 16.4. The molecule has 0 unspecified atom stereocenters. The Morgan fingerprint density at radius 2 is 1.94 bits per heavy atom. The molecule has 9 heteroatoms. The lowest BCUT2D eigenvalue weighted by molar-refractivity contribution is 0.0696. The molecule has 1 aliphatic carbocycles. The summed E-state index contributed by atoms with van der Waals surface area (Å²) in [5, 5.41) is 17.1. The van der Waals surface area contributed by atoms with Gasteiger partial charge in [-0.15, -0.1) is 0 Å². The fourth-order valence-corrected chi connectivity index (χ4v) is 4.22. The van der Waals surface area contributed by atoms with Crippen LogP contribution in [0.1, 0.15) is 54.3 Å². The highest BCUT2D eigenvalue weighted by Crippen LogP contribution is 2.46. The predicted octanol–water partition coefficient (Wildman–Crippen LogP) is 2.51. The number of aromatic carboxylic acids is 1. The fraction of sp³-hybridized carbons (Fsp3) is 0.364. The minimum absolute atomic E-state index is 0.0298. The van der Waals surface area contributed by atoms with Crippen LogP contribution in [-0.4, -0.2) is 43.2 Å². The topological polar surface area (TPSA) is 149 Å². The highest BCUT2D eigenvalue weighted by Gasteiger charge is 2.49. The summed E-state index contributed by atoms with van der Waals surface area (Å²) < 4.78 is 1.64. The first-order chi connectivity index (χ1) is 14.5. The van der Waals surface area contributed by atoms with Crippen molar-refractivity contribution in [3.05, 3.63) is 48.0 Å². The molecular formula is C22H26N6O3. The molecule has 4 rings (SSSR count). The minimum atomic E-state index is -1.05. The number of hydrogen-bond acceptors (Lipinski definition) is 6. The minimum Gasteiger partial charge on any atom is -0.478 e. The summed E-state index contributed by atoms with van der Waals surface area (Å²) in [7, 11) is 0. The number of anilines is 1. The van der Waals surface area contributed by atoms with Crippen LogP contribution < -0.4 is 16.8 Å². The number of carboxylic acids is 1. The van der Waals surface area contributed by atoms with Gasteiger partial charge in [0, 0.05) is 46.7 Å². The summed E-state index contributed by atoms with van der Waals surface area (Å²) in [6.45, 7) is 6.28. The van der Waals surface area contributed by atoms with Gasteiger partial charge in [0.2, 0.25) is 0 Å². The molecule has 0 aliphatic heterocycles. The highest BCUT2D eigenvalue weighted by molar-refractivity contribution is 6.02. The zero-order valence-electron chi connectivity index (χ0n) is 17.7. The van der Waals surface area contributed by atoms with Gasteiger partial charge in [-0.2, -0.15) is 5.10 Å². The Labute approximate surface area is 179 Å². The van der Waals surface area contributed by atoms with Crippen LogP contribution in [0.15, 0.2) is 36.9 Å². The van der Waals surface area contributed by atoms with E-state index in [0.717, 1.165) is 18.4 Å². The Morgan fingerprint density at radius 3 is 2.55 bits per heavy atom. The number of primary amides is 1. The number of nitrogens with one attached hydrogen (secondary N) is 1. The number of rotatable bonds is 5. The van der Waals surface area contributed by atoms with E-state index < -0.39 is 11.9 Å². The summed E-state index contributed by atoms with van der Waals surface area (Å²) in [4.78, 5) is 27.5. The van der Waals surface area contributed by atoms with Crippen LogP contribution in [0.2, 0.25) is 0 Å². The normalized spacial score (nSPS) is 22.5. The molecule has 162 valence electrons. The van der Waals surface area contributed by atoms with E-state index in [2.05, 4.69) is 29.2 Å². The molecule has 1 amide bonds. The van der Waals surface area contributed by atoms with Gasteiger partial charge in [0.1, 0.15) is 0 Å². The fourth-order valence-electron chi connectivity index (χ4n) is 4.22. The van der Waals surface area contributed by atoms with E-state index in [-0.39, 0.29) is 28.1 Å². The van der Waals surface area contributed by atoms with Crippen LogP contribution in [0.25, 0.3) is 16.6 Å². The molecule has 31 heavy (non-hydrogen) atoms. The quantitative estimate of drug-likeness (QED) is 0.493. The molecule has 1 saturated carbocycles. The molecule has 1 aliphatic rings. The number of hydrogen-bond donors (Lipinski definition) is 4. The van der Waals surface area contributed by atoms with Gasteiger partial charge in [0.25, 0.3) is 5.91 Å². The smallest absolute Gasteiger partial charge is 0.337 e. The number of fused-ring (bicyclic) bond motifs is 1. The third kappa shape index (κ3) is 3.40. The van der Waals surface area contributed by atoms with E-state index in [1.807, 2.05) is 13.0 Å². The van der Waals surface area contributed by atoms with Crippen LogP contribution in [-0.2, 0) is 0 Å². The largest absolute Gasteiger partial charge is 0.478 e. The first kappa shape index (κ1) is 20.8. The van der Waals surface area contributed by atoms with Crippen LogP contribution in [0.3, 0.4) is 0 Å². The predicted molar refractivity (Wildman–Crippen MR) is 117 cm³/mol. The summed E-state index contributed by atoms with van der Waals surface area (Å²) in [6.07, 6.45) is 7.79. The number of carbonyl (C=O) groups is 2. The van der Waals surface area contributed by atoms with Crippen LogP contribution >= 0.6 is 0 Å². The van der Waals surface area contributed by atoms with Gasteiger partial charge in [-0.05, 0) is 31.9 Å². The monoisotopic (exact) mass is 422 g/mol. The second-order valence-corrected chi connectivity index (χ2v) is 9.00. The summed E-state index contributed by atoms with van der Waals surface area (Å²) in [5.41, 5.74) is 14.6. The van der Waals surface area contributed by atoms with Crippen molar-refractivity contribution in [2.24, 2.45) is 16.9 Å². The van der Waals surface area contributed by atoms with Gasteiger partial charge in [-0.25, -0.2) is 9.31 Å². The maximum atomic E-state index is 12.2. The summed E-state index contributed by atoms with van der Waals surface area (Å²) in [6, 6.07) is 3.42. The molecule has 6 N–H and O–H groups in total. The van der Waals surface area contributed by atoms with Crippen LogP contribution in [0.5, 0.6) is 0 Å². The molecule has 0 saturated heterocycles. The van der Waals surface area contributed by atoms with E-state index in [0.29, 0.717) is 16.8 Å². The number of carbonyl (C=O) groups excluding carboxylic acids is 1. The second-order valence-electron chi connectivity index (χ2n) is 9.00. The first-order valence-electron chi connectivity index (χ1n) is 10.1. The Hall–Kier alpha value is -3.46. The van der Waals surface area contributed by atoms with Gasteiger partial charge in [0.15, 0.2) is 0 Å². The maximum absolute atomic E-state index is 12.2. The molecule has 9 nitrogen and oxygen atoms in total. The van der Waals surface area contributed by atoms with Gasteiger partial charge in [-0.1, -0.05) is 13.8 Å². The first-order valence-corrected chi connectivity index (χ1v) is 10.1. The summed E-state index contributed by atoms with van der Waals surface area (Å²) >= 11 is 0. The third-order valence-corrected chi connectivity index (χ3v) is 6.84. The molecule has 0 spiro atoms. The van der Waals surface area contributed by atoms with E-state index >= 15 is 0 Å². The van der Waals surface area contributed by atoms with Crippen molar-refractivity contribution in [1.82, 2.24) is 14.6 Å². The molecule has 3 aromatic heterocycles. The van der Waals surface area contributed by atoms with Crippen molar-refractivity contribution < 1.29 is 14.7 Å². The zero-order valence-corrected chi connectivity index (χ0v) is 17.7. The molecule has 1 fully saturated rings. The van der Waals surface area contributed by atoms with Crippen molar-refractivity contribution in [1.29, 1.82) is 0 Å². The van der Waals surface area contributed by atoms with Crippen molar-refractivity contribution in [3.8, 4) is 11.1 Å². The Balaban J connectivity index is 1.82. The van der Waals surface area contributed by atoms with E-state index in [9.17, 15) is 14.7 Å². The standard InChI is InChI=1S/C22H26N6O3/c1-21(2)17(4-5-22(21,3)24)27-18-15(19(23)29)10-26-28-11-14(7-16(18)28)12-6-13(20(30)31)9-25-8-12/h6-11,17,27H,4-5,24H2,1-3H3,(H2,23,29)(H,30,31)/t17-,22+/m1/s1. The van der Waals surface area contributed by atoms with E-state index in [4.69, 9.17) is 11.5 Å². The van der Waals surface area contributed by atoms with Crippen molar-refractivity contribution in [3.63, 3.8) is 0 Å². The Kier molecular flexibility index (Phi) is 4.73. The van der Waals surface area contributed by atoms with Crippen molar-refractivity contribution in [2.45, 2.75) is 45.2 Å². The zero-order chi connectivity index (χ0) is 22.6. The number of amides is 1. The number of nitrogens with two attached hydrogens (primary N) is 2. The van der Waals surface area contributed by atoms with Crippen molar-refractivity contribution >= 4 is 23.1 Å². The van der Waals surface area contributed by atoms with Crippen LogP contribution in [0.4, 0.5) is 5.69 Å². The SMILES string of the molecule is CC1(C)[C@H](Nc2c(C(N)=O)cnn3cc(-c4cncc(C(=O)O)c4)cc23)CC[C@]1(C)N. The third-order valence-electron chi connectivity index (χ3n) is 6.84. The molecule has 2 atom stereocenters. The number of pyridine rings is 1. The van der Waals surface area contributed by atoms with E-state index in [1.54, 1.807) is 23.0 Å². The van der Waals surface area contributed by atoms with E-state index in [1.165, 1.54) is 12.4 Å². The van der Waals surface area contributed by atoms with Gasteiger partial charge >= 0.3 is 5.97 Å². The Bertz CT molecular complexity index is 1200. The molecule has 0 bridgehead atoms. The second kappa shape index (κ2) is 7.05. The van der Waals surface area contributed by atoms with Gasteiger partial charge in [-0.3, -0.25) is 9.78 Å².